The first kappa shape index (κ1) is 17.5. The minimum atomic E-state index is -3.70. The van der Waals surface area contributed by atoms with Crippen LogP contribution in [0.15, 0.2) is 45.7 Å². The van der Waals surface area contributed by atoms with Crippen LogP contribution >= 0.6 is 11.3 Å². The van der Waals surface area contributed by atoms with Crippen molar-refractivity contribution in [1.29, 1.82) is 0 Å². The van der Waals surface area contributed by atoms with Gasteiger partial charge in [-0.1, -0.05) is 6.07 Å². The third-order valence-electron chi connectivity index (χ3n) is 3.79. The van der Waals surface area contributed by atoms with Gasteiger partial charge in [0.1, 0.15) is 5.69 Å². The molecule has 3 rings (SSSR count). The second kappa shape index (κ2) is 7.30. The zero-order valence-corrected chi connectivity index (χ0v) is 14.8. The molecular formula is C15H16N4O4S2. The molecule has 0 amide bonds. The van der Waals surface area contributed by atoms with Gasteiger partial charge in [0, 0.05) is 24.0 Å². The summed E-state index contributed by atoms with van der Waals surface area (Å²) >= 11 is 1.48. The van der Waals surface area contributed by atoms with Gasteiger partial charge in [0.15, 0.2) is 0 Å². The highest BCUT2D eigenvalue weighted by Gasteiger charge is 2.29. The molecule has 1 aliphatic heterocycles. The highest BCUT2D eigenvalue weighted by Crippen LogP contribution is 2.30. The summed E-state index contributed by atoms with van der Waals surface area (Å²) in [6.45, 7) is 0.891. The average molecular weight is 380 g/mol. The quantitative estimate of drug-likeness (QED) is 0.471. The molecule has 2 heterocycles. The van der Waals surface area contributed by atoms with Gasteiger partial charge >= 0.3 is 0 Å². The predicted octanol–water partition coefficient (Wildman–Crippen LogP) is 2.89. The van der Waals surface area contributed by atoms with Crippen molar-refractivity contribution in [3.8, 4) is 0 Å². The van der Waals surface area contributed by atoms with Gasteiger partial charge < -0.3 is 0 Å². The zero-order chi connectivity index (χ0) is 17.9. The maximum Gasteiger partial charge on any atom is 0.295 e. The molecule has 1 aromatic carbocycles. The van der Waals surface area contributed by atoms with Gasteiger partial charge in [-0.2, -0.15) is 9.41 Å². The lowest BCUT2D eigenvalue weighted by molar-refractivity contribution is -0.384. The van der Waals surface area contributed by atoms with Crippen LogP contribution < -0.4 is 5.43 Å². The molecule has 25 heavy (non-hydrogen) atoms. The van der Waals surface area contributed by atoms with Crippen molar-refractivity contribution in [3.63, 3.8) is 0 Å². The fourth-order valence-electron chi connectivity index (χ4n) is 2.53. The molecule has 1 aromatic heterocycles. The summed E-state index contributed by atoms with van der Waals surface area (Å²) in [7, 11) is -3.70. The molecule has 1 fully saturated rings. The maximum atomic E-state index is 12.5. The monoisotopic (exact) mass is 380 g/mol. The molecule has 1 aliphatic rings. The van der Waals surface area contributed by atoms with Crippen LogP contribution in [0.25, 0.3) is 0 Å². The van der Waals surface area contributed by atoms with Crippen molar-refractivity contribution >= 4 is 38.9 Å². The number of anilines is 1. The summed E-state index contributed by atoms with van der Waals surface area (Å²) in [6.07, 6.45) is 3.15. The largest absolute Gasteiger partial charge is 0.295 e. The van der Waals surface area contributed by atoms with Crippen LogP contribution in [0.1, 0.15) is 17.7 Å². The van der Waals surface area contributed by atoms with Crippen molar-refractivity contribution in [2.45, 2.75) is 17.7 Å². The maximum absolute atomic E-state index is 12.5. The SMILES string of the molecule is O=[N+]([O-])c1cc(S(=O)(=O)N2CCCC2)ccc1N/N=C\c1cccs1. The van der Waals surface area contributed by atoms with E-state index in [0.29, 0.717) is 13.1 Å². The summed E-state index contributed by atoms with van der Waals surface area (Å²) in [6, 6.07) is 7.54. The molecule has 0 spiro atoms. The highest BCUT2D eigenvalue weighted by molar-refractivity contribution is 7.89. The van der Waals surface area contributed by atoms with Crippen molar-refractivity contribution < 1.29 is 13.3 Å². The number of hydrogen-bond acceptors (Lipinski definition) is 7. The molecule has 0 radical (unpaired) electrons. The molecule has 1 saturated heterocycles. The molecule has 10 heteroatoms. The summed E-state index contributed by atoms with van der Waals surface area (Å²) in [5.74, 6) is 0. The fourth-order valence-corrected chi connectivity index (χ4v) is 4.65. The Bertz CT molecular complexity index is 888. The van der Waals surface area contributed by atoms with E-state index >= 15 is 0 Å². The van der Waals surface area contributed by atoms with E-state index in [1.165, 1.54) is 27.8 Å². The molecule has 0 aliphatic carbocycles. The number of nitrogens with zero attached hydrogens (tertiary/aromatic N) is 3. The van der Waals surface area contributed by atoms with Gasteiger partial charge in [-0.05, 0) is 36.4 Å². The molecule has 1 N–H and O–H groups in total. The van der Waals surface area contributed by atoms with Crippen LogP contribution in [-0.4, -0.2) is 37.0 Å². The number of nitrogens with one attached hydrogen (secondary N) is 1. The Labute approximate surface area is 149 Å². The average Bonchev–Trinajstić information content (AvgIpc) is 3.28. The third kappa shape index (κ3) is 3.86. The van der Waals surface area contributed by atoms with E-state index in [9.17, 15) is 18.5 Å². The molecule has 0 bridgehead atoms. The lowest BCUT2D eigenvalue weighted by atomic mass is 10.3. The standard InChI is InChI=1S/C15H16N4O4S2/c20-19(21)15-10-13(25(22,23)18-7-1-2-8-18)5-6-14(15)17-16-11-12-4-3-9-24-12/h3-6,9-11,17H,1-2,7-8H2/b16-11-. The van der Waals surface area contributed by atoms with Crippen LogP contribution in [0.3, 0.4) is 0 Å². The first-order chi connectivity index (χ1) is 12.0. The van der Waals surface area contributed by atoms with Crippen LogP contribution in [0.4, 0.5) is 11.4 Å². The van der Waals surface area contributed by atoms with E-state index in [4.69, 9.17) is 0 Å². The van der Waals surface area contributed by atoms with Gasteiger partial charge in [0.25, 0.3) is 5.69 Å². The first-order valence-corrected chi connectivity index (χ1v) is 9.91. The fraction of sp³-hybridized carbons (Fsp3) is 0.267. The van der Waals surface area contributed by atoms with E-state index < -0.39 is 14.9 Å². The Kier molecular flexibility index (Phi) is 5.11. The van der Waals surface area contributed by atoms with Crippen LogP contribution in [0.2, 0.25) is 0 Å². The second-order valence-electron chi connectivity index (χ2n) is 5.43. The van der Waals surface area contributed by atoms with Crippen molar-refractivity contribution in [2.75, 3.05) is 18.5 Å². The lowest BCUT2D eigenvalue weighted by Crippen LogP contribution is -2.27. The number of hydrogen-bond donors (Lipinski definition) is 1. The normalized spacial score (nSPS) is 15.7. The summed E-state index contributed by atoms with van der Waals surface area (Å²) < 4.78 is 26.4. The Balaban J connectivity index is 1.86. The zero-order valence-electron chi connectivity index (χ0n) is 13.2. The predicted molar refractivity (Wildman–Crippen MR) is 96.6 cm³/mol. The molecule has 2 aromatic rings. The van der Waals surface area contributed by atoms with E-state index in [1.54, 1.807) is 6.21 Å². The number of benzene rings is 1. The molecule has 0 unspecified atom stereocenters. The van der Waals surface area contributed by atoms with Gasteiger partial charge in [0.2, 0.25) is 10.0 Å². The number of nitro groups is 1. The van der Waals surface area contributed by atoms with Crippen molar-refractivity contribution in [1.82, 2.24) is 4.31 Å². The molecule has 0 saturated carbocycles. The number of sulfonamides is 1. The van der Waals surface area contributed by atoms with E-state index in [-0.39, 0.29) is 16.3 Å². The number of rotatable bonds is 6. The lowest BCUT2D eigenvalue weighted by Gasteiger charge is -2.15. The molecule has 8 nitrogen and oxygen atoms in total. The van der Waals surface area contributed by atoms with E-state index in [1.807, 2.05) is 17.5 Å². The van der Waals surface area contributed by atoms with Gasteiger partial charge in [-0.3, -0.25) is 15.5 Å². The molecular weight excluding hydrogens is 364 g/mol. The Hall–Kier alpha value is -2.30. The summed E-state index contributed by atoms with van der Waals surface area (Å²) in [5, 5.41) is 17.2. The Morgan fingerprint density at radius 3 is 2.68 bits per heavy atom. The van der Waals surface area contributed by atoms with Crippen LogP contribution in [0.5, 0.6) is 0 Å². The van der Waals surface area contributed by atoms with Gasteiger partial charge in [-0.25, -0.2) is 8.42 Å². The number of hydrazone groups is 1. The Morgan fingerprint density at radius 2 is 2.04 bits per heavy atom. The van der Waals surface area contributed by atoms with Gasteiger partial charge in [0.05, 0.1) is 16.0 Å². The first-order valence-electron chi connectivity index (χ1n) is 7.59. The van der Waals surface area contributed by atoms with Crippen molar-refractivity contribution in [3.05, 3.63) is 50.7 Å². The number of thiophene rings is 1. The highest BCUT2D eigenvalue weighted by atomic mass is 32.2. The van der Waals surface area contributed by atoms with Crippen LogP contribution in [0, 0.1) is 10.1 Å². The smallest absolute Gasteiger partial charge is 0.272 e. The van der Waals surface area contributed by atoms with Crippen molar-refractivity contribution in [2.24, 2.45) is 5.10 Å². The number of nitro benzene ring substituents is 1. The summed E-state index contributed by atoms with van der Waals surface area (Å²) in [4.78, 5) is 11.5. The van der Waals surface area contributed by atoms with Gasteiger partial charge in [-0.15, -0.1) is 11.3 Å². The Morgan fingerprint density at radius 1 is 1.28 bits per heavy atom. The minimum absolute atomic E-state index is 0.0751. The second-order valence-corrected chi connectivity index (χ2v) is 8.35. The van der Waals surface area contributed by atoms with E-state index in [2.05, 4.69) is 10.5 Å². The molecule has 0 atom stereocenters. The summed E-state index contributed by atoms with van der Waals surface area (Å²) in [5.41, 5.74) is 2.41. The van der Waals surface area contributed by atoms with E-state index in [0.717, 1.165) is 23.8 Å². The molecule has 132 valence electrons. The minimum Gasteiger partial charge on any atom is -0.272 e. The third-order valence-corrected chi connectivity index (χ3v) is 6.49. The van der Waals surface area contributed by atoms with Crippen LogP contribution in [-0.2, 0) is 10.0 Å². The topological polar surface area (TPSA) is 105 Å².